The van der Waals surface area contributed by atoms with Crippen LogP contribution in [0.4, 0.5) is 0 Å². The van der Waals surface area contributed by atoms with E-state index in [1.165, 1.54) is 5.69 Å². The van der Waals surface area contributed by atoms with Crippen molar-refractivity contribution in [1.82, 2.24) is 9.55 Å². The molecule has 0 atom stereocenters. The lowest BCUT2D eigenvalue weighted by molar-refractivity contribution is 0.186. The second kappa shape index (κ2) is 3.53. The first kappa shape index (κ1) is 8.27. The lowest BCUT2D eigenvalue weighted by Crippen LogP contribution is -2.07. The van der Waals surface area contributed by atoms with Crippen molar-refractivity contribution >= 4 is 0 Å². The van der Waals surface area contributed by atoms with Gasteiger partial charge in [0.15, 0.2) is 0 Å². The van der Waals surface area contributed by atoms with Crippen molar-refractivity contribution in [2.45, 2.75) is 20.4 Å². The van der Waals surface area contributed by atoms with Crippen molar-refractivity contribution in [3.8, 4) is 0 Å². The van der Waals surface area contributed by atoms with E-state index in [4.69, 9.17) is 4.74 Å². The van der Waals surface area contributed by atoms with E-state index in [0.29, 0.717) is 0 Å². The molecule has 1 heterocycles. The molecule has 11 heavy (non-hydrogen) atoms. The number of nitrogens with zero attached hydrogens (tertiary/aromatic N) is 2. The van der Waals surface area contributed by atoms with Gasteiger partial charge >= 0.3 is 0 Å². The Hall–Kier alpha value is -0.830. The predicted molar refractivity (Wildman–Crippen MR) is 43.6 cm³/mol. The van der Waals surface area contributed by atoms with E-state index in [9.17, 15) is 0 Å². The molecule has 0 saturated heterocycles. The SMILES string of the molecule is COCCn1c(C)cnc1C. The fourth-order valence-electron chi connectivity index (χ4n) is 1.10. The summed E-state index contributed by atoms with van der Waals surface area (Å²) in [4.78, 5) is 4.18. The summed E-state index contributed by atoms with van der Waals surface area (Å²) < 4.78 is 7.12. The average molecular weight is 154 g/mol. The van der Waals surface area contributed by atoms with Gasteiger partial charge in [0.05, 0.1) is 6.61 Å². The first-order valence-electron chi connectivity index (χ1n) is 3.73. The zero-order valence-electron chi connectivity index (χ0n) is 7.29. The average Bonchev–Trinajstić information content (AvgIpc) is 2.29. The molecule has 62 valence electrons. The van der Waals surface area contributed by atoms with Gasteiger partial charge in [0.2, 0.25) is 0 Å². The highest BCUT2D eigenvalue weighted by Gasteiger charge is 1.99. The summed E-state index contributed by atoms with van der Waals surface area (Å²) in [5, 5.41) is 0. The maximum absolute atomic E-state index is 4.98. The van der Waals surface area contributed by atoms with E-state index in [0.717, 1.165) is 19.0 Å². The van der Waals surface area contributed by atoms with E-state index in [-0.39, 0.29) is 0 Å². The van der Waals surface area contributed by atoms with Gasteiger partial charge in [0.25, 0.3) is 0 Å². The van der Waals surface area contributed by atoms with Crippen LogP contribution in [0.2, 0.25) is 0 Å². The monoisotopic (exact) mass is 154 g/mol. The van der Waals surface area contributed by atoms with E-state index >= 15 is 0 Å². The fourth-order valence-corrected chi connectivity index (χ4v) is 1.10. The maximum Gasteiger partial charge on any atom is 0.105 e. The van der Waals surface area contributed by atoms with Gasteiger partial charge in [-0.05, 0) is 13.8 Å². The van der Waals surface area contributed by atoms with Gasteiger partial charge in [-0.15, -0.1) is 0 Å². The number of hydrogen-bond donors (Lipinski definition) is 0. The quantitative estimate of drug-likeness (QED) is 0.653. The minimum Gasteiger partial charge on any atom is -0.383 e. The summed E-state index contributed by atoms with van der Waals surface area (Å²) in [6.07, 6.45) is 1.88. The van der Waals surface area contributed by atoms with Gasteiger partial charge in [0.1, 0.15) is 5.82 Å². The normalized spacial score (nSPS) is 10.5. The van der Waals surface area contributed by atoms with Crippen LogP contribution < -0.4 is 0 Å². The standard InChI is InChI=1S/C8H14N2O/c1-7-6-9-8(2)10(7)4-5-11-3/h6H,4-5H2,1-3H3. The Kier molecular flexibility index (Phi) is 2.65. The van der Waals surface area contributed by atoms with Crippen LogP contribution in [0.5, 0.6) is 0 Å². The van der Waals surface area contributed by atoms with Crippen LogP contribution in [-0.4, -0.2) is 23.3 Å². The first-order valence-corrected chi connectivity index (χ1v) is 3.73. The van der Waals surface area contributed by atoms with Crippen LogP contribution >= 0.6 is 0 Å². The Morgan fingerprint density at radius 1 is 1.55 bits per heavy atom. The van der Waals surface area contributed by atoms with E-state index < -0.39 is 0 Å². The molecule has 3 heteroatoms. The molecule has 0 bridgehead atoms. The van der Waals surface area contributed by atoms with Crippen LogP contribution in [0, 0.1) is 13.8 Å². The molecular formula is C8H14N2O. The second-order valence-corrected chi connectivity index (χ2v) is 2.59. The molecule has 0 aliphatic heterocycles. The van der Waals surface area contributed by atoms with Crippen molar-refractivity contribution in [2.24, 2.45) is 0 Å². The molecule has 0 N–H and O–H groups in total. The zero-order valence-corrected chi connectivity index (χ0v) is 7.29. The third-order valence-corrected chi connectivity index (χ3v) is 1.77. The third-order valence-electron chi connectivity index (χ3n) is 1.77. The molecule has 0 unspecified atom stereocenters. The van der Waals surface area contributed by atoms with Gasteiger partial charge in [-0.1, -0.05) is 0 Å². The maximum atomic E-state index is 4.98. The smallest absolute Gasteiger partial charge is 0.105 e. The van der Waals surface area contributed by atoms with Crippen molar-refractivity contribution in [1.29, 1.82) is 0 Å². The topological polar surface area (TPSA) is 27.1 Å². The molecule has 0 aliphatic rings. The second-order valence-electron chi connectivity index (χ2n) is 2.59. The first-order chi connectivity index (χ1) is 5.25. The Labute approximate surface area is 67.0 Å². The van der Waals surface area contributed by atoms with Crippen LogP contribution in [0.15, 0.2) is 6.20 Å². The number of aryl methyl sites for hydroxylation is 2. The highest BCUT2D eigenvalue weighted by Crippen LogP contribution is 2.01. The zero-order chi connectivity index (χ0) is 8.27. The Balaban J connectivity index is 2.67. The summed E-state index contributed by atoms with van der Waals surface area (Å²) in [6.45, 7) is 5.70. The number of imidazole rings is 1. The molecule has 1 aromatic heterocycles. The van der Waals surface area contributed by atoms with E-state index in [2.05, 4.69) is 16.5 Å². The molecule has 0 fully saturated rings. The van der Waals surface area contributed by atoms with Crippen LogP contribution in [0.3, 0.4) is 0 Å². The van der Waals surface area contributed by atoms with Crippen molar-refractivity contribution in [2.75, 3.05) is 13.7 Å². The Bertz CT molecular complexity index is 210. The highest BCUT2D eigenvalue weighted by atomic mass is 16.5. The molecule has 0 radical (unpaired) electrons. The van der Waals surface area contributed by atoms with Crippen molar-refractivity contribution in [3.05, 3.63) is 17.7 Å². The molecule has 0 amide bonds. The largest absolute Gasteiger partial charge is 0.383 e. The summed E-state index contributed by atoms with van der Waals surface area (Å²) in [6, 6.07) is 0. The number of rotatable bonds is 3. The minimum absolute atomic E-state index is 0.748. The molecule has 0 aliphatic carbocycles. The third kappa shape index (κ3) is 1.80. The van der Waals surface area contributed by atoms with Gasteiger partial charge in [-0.2, -0.15) is 0 Å². The number of hydrogen-bond acceptors (Lipinski definition) is 2. The summed E-state index contributed by atoms with van der Waals surface area (Å²) in [5.41, 5.74) is 1.19. The summed E-state index contributed by atoms with van der Waals surface area (Å²) in [7, 11) is 1.71. The number of methoxy groups -OCH3 is 1. The number of aromatic nitrogens is 2. The van der Waals surface area contributed by atoms with E-state index in [1.54, 1.807) is 7.11 Å². The molecule has 1 rings (SSSR count). The summed E-state index contributed by atoms with van der Waals surface area (Å²) >= 11 is 0. The molecule has 3 nitrogen and oxygen atoms in total. The van der Waals surface area contributed by atoms with Crippen LogP contribution in [0.1, 0.15) is 11.5 Å². The van der Waals surface area contributed by atoms with Gasteiger partial charge in [-0.25, -0.2) is 4.98 Å². The molecule has 0 aromatic carbocycles. The number of ether oxygens (including phenoxy) is 1. The Morgan fingerprint density at radius 2 is 2.27 bits per heavy atom. The predicted octanol–water partition coefficient (Wildman–Crippen LogP) is 1.15. The lowest BCUT2D eigenvalue weighted by Gasteiger charge is -2.05. The molecule has 0 saturated carbocycles. The van der Waals surface area contributed by atoms with Gasteiger partial charge < -0.3 is 9.30 Å². The minimum atomic E-state index is 0.748. The fraction of sp³-hybridized carbons (Fsp3) is 0.625. The molecule has 0 spiro atoms. The highest BCUT2D eigenvalue weighted by molar-refractivity contribution is 5.01. The van der Waals surface area contributed by atoms with Crippen LogP contribution in [0.25, 0.3) is 0 Å². The summed E-state index contributed by atoms with van der Waals surface area (Å²) in [5.74, 6) is 1.06. The molecular weight excluding hydrogens is 140 g/mol. The van der Waals surface area contributed by atoms with Crippen molar-refractivity contribution < 1.29 is 4.74 Å². The Morgan fingerprint density at radius 3 is 2.73 bits per heavy atom. The molecule has 1 aromatic rings. The van der Waals surface area contributed by atoms with Crippen molar-refractivity contribution in [3.63, 3.8) is 0 Å². The van der Waals surface area contributed by atoms with Gasteiger partial charge in [-0.3, -0.25) is 0 Å². The van der Waals surface area contributed by atoms with Gasteiger partial charge in [0, 0.05) is 25.5 Å². The van der Waals surface area contributed by atoms with Crippen LogP contribution in [-0.2, 0) is 11.3 Å². The van der Waals surface area contributed by atoms with E-state index in [1.807, 2.05) is 13.1 Å². The lowest BCUT2D eigenvalue weighted by atomic mass is 10.5.